The number of allylic oxidation sites excluding steroid dienone is 2. The second-order valence-electron chi connectivity index (χ2n) is 4.05. The van der Waals surface area contributed by atoms with Crippen molar-refractivity contribution in [3.63, 3.8) is 0 Å². The predicted octanol–water partition coefficient (Wildman–Crippen LogP) is 5.31. The van der Waals surface area contributed by atoms with Crippen LogP contribution < -0.4 is 0 Å². The number of rotatable bonds is 9. The van der Waals surface area contributed by atoms with Crippen LogP contribution in [0.4, 0.5) is 0 Å². The molecule has 0 saturated carbocycles. The minimum absolute atomic E-state index is 0.763. The fourth-order valence-electron chi connectivity index (χ4n) is 1.52. The maximum Gasteiger partial charge on any atom is 0.0260 e. The van der Waals surface area contributed by atoms with Crippen molar-refractivity contribution in [1.29, 1.82) is 0 Å². The van der Waals surface area contributed by atoms with Gasteiger partial charge in [-0.2, -0.15) is 0 Å². The van der Waals surface area contributed by atoms with Crippen molar-refractivity contribution in [2.45, 2.75) is 65.2 Å². The van der Waals surface area contributed by atoms with Gasteiger partial charge in [0.25, 0.3) is 0 Å². The SMILES string of the molecule is CCCCCCCC/C=C(\C)CCCl. The van der Waals surface area contributed by atoms with E-state index in [1.807, 2.05) is 0 Å². The van der Waals surface area contributed by atoms with Crippen molar-refractivity contribution in [3.05, 3.63) is 11.6 Å². The van der Waals surface area contributed by atoms with E-state index in [-0.39, 0.29) is 0 Å². The van der Waals surface area contributed by atoms with Crippen LogP contribution in [0.1, 0.15) is 65.2 Å². The van der Waals surface area contributed by atoms with Crippen molar-refractivity contribution in [3.8, 4) is 0 Å². The normalized spacial score (nSPS) is 12.1. The molecule has 0 aromatic carbocycles. The zero-order valence-corrected chi connectivity index (χ0v) is 10.6. The van der Waals surface area contributed by atoms with Gasteiger partial charge in [-0.15, -0.1) is 11.6 Å². The van der Waals surface area contributed by atoms with Gasteiger partial charge in [-0.25, -0.2) is 0 Å². The van der Waals surface area contributed by atoms with Gasteiger partial charge in [0.1, 0.15) is 0 Å². The Balaban J connectivity index is 3.15. The molecule has 0 rings (SSSR count). The Hall–Kier alpha value is 0.0300. The Morgan fingerprint density at radius 1 is 1.07 bits per heavy atom. The second-order valence-corrected chi connectivity index (χ2v) is 4.42. The summed E-state index contributed by atoms with van der Waals surface area (Å²) in [6.45, 7) is 4.44. The molecule has 0 aromatic heterocycles. The standard InChI is InChI=1S/C13H25Cl/c1-3-4-5-6-7-8-9-10-13(2)11-12-14/h10H,3-9,11-12H2,1-2H3/b13-10+. The minimum atomic E-state index is 0.763. The Labute approximate surface area is 94.7 Å². The molecule has 0 atom stereocenters. The van der Waals surface area contributed by atoms with Crippen LogP contribution in [0.3, 0.4) is 0 Å². The molecule has 1 heteroatoms. The van der Waals surface area contributed by atoms with E-state index in [2.05, 4.69) is 19.9 Å². The van der Waals surface area contributed by atoms with E-state index in [1.165, 1.54) is 50.5 Å². The lowest BCUT2D eigenvalue weighted by atomic mass is 10.1. The van der Waals surface area contributed by atoms with Crippen LogP contribution in [0.15, 0.2) is 11.6 Å². The average Bonchev–Trinajstić information content (AvgIpc) is 2.17. The Morgan fingerprint density at radius 2 is 1.71 bits per heavy atom. The smallest absolute Gasteiger partial charge is 0.0260 e. The molecule has 0 amide bonds. The predicted molar refractivity (Wildman–Crippen MR) is 67.1 cm³/mol. The molecule has 0 radical (unpaired) electrons. The summed E-state index contributed by atoms with van der Waals surface area (Å²) in [4.78, 5) is 0. The number of unbranched alkanes of at least 4 members (excludes halogenated alkanes) is 6. The monoisotopic (exact) mass is 216 g/mol. The third-order valence-corrected chi connectivity index (χ3v) is 2.73. The molecule has 0 aliphatic heterocycles. The number of halogens is 1. The van der Waals surface area contributed by atoms with Gasteiger partial charge in [-0.1, -0.05) is 50.7 Å². The van der Waals surface area contributed by atoms with Crippen molar-refractivity contribution in [2.24, 2.45) is 0 Å². The molecular weight excluding hydrogens is 192 g/mol. The molecule has 0 N–H and O–H groups in total. The fourth-order valence-corrected chi connectivity index (χ4v) is 1.82. The van der Waals surface area contributed by atoms with E-state index in [0.717, 1.165) is 12.3 Å². The zero-order valence-electron chi connectivity index (χ0n) is 9.82. The molecular formula is C13H25Cl. The van der Waals surface area contributed by atoms with Crippen LogP contribution in [0.2, 0.25) is 0 Å². The molecule has 0 fully saturated rings. The van der Waals surface area contributed by atoms with Crippen LogP contribution in [0, 0.1) is 0 Å². The molecule has 14 heavy (non-hydrogen) atoms. The summed E-state index contributed by atoms with van der Waals surface area (Å²) in [5.41, 5.74) is 1.45. The van der Waals surface area contributed by atoms with E-state index in [9.17, 15) is 0 Å². The van der Waals surface area contributed by atoms with Gasteiger partial charge in [-0.05, 0) is 26.2 Å². The Kier molecular flexibility index (Phi) is 11.1. The van der Waals surface area contributed by atoms with Gasteiger partial charge < -0.3 is 0 Å². The third kappa shape index (κ3) is 10.1. The van der Waals surface area contributed by atoms with Gasteiger partial charge in [0.2, 0.25) is 0 Å². The molecule has 0 spiro atoms. The number of alkyl halides is 1. The second kappa shape index (κ2) is 11.1. The highest BCUT2D eigenvalue weighted by Gasteiger charge is 1.90. The van der Waals surface area contributed by atoms with Crippen molar-refractivity contribution in [2.75, 3.05) is 5.88 Å². The zero-order chi connectivity index (χ0) is 10.6. The highest BCUT2D eigenvalue weighted by atomic mass is 35.5. The minimum Gasteiger partial charge on any atom is -0.126 e. The molecule has 0 bridgehead atoms. The van der Waals surface area contributed by atoms with E-state index >= 15 is 0 Å². The molecule has 0 aliphatic carbocycles. The summed E-state index contributed by atoms with van der Waals surface area (Å²) in [7, 11) is 0. The lowest BCUT2D eigenvalue weighted by molar-refractivity contribution is 0.610. The van der Waals surface area contributed by atoms with E-state index in [1.54, 1.807) is 0 Å². The molecule has 0 unspecified atom stereocenters. The van der Waals surface area contributed by atoms with Crippen LogP contribution in [-0.4, -0.2) is 5.88 Å². The van der Waals surface area contributed by atoms with Gasteiger partial charge >= 0.3 is 0 Å². The summed E-state index contributed by atoms with van der Waals surface area (Å²) >= 11 is 5.65. The highest BCUT2D eigenvalue weighted by molar-refractivity contribution is 6.17. The van der Waals surface area contributed by atoms with E-state index in [4.69, 9.17) is 11.6 Å². The van der Waals surface area contributed by atoms with Crippen LogP contribution in [0.5, 0.6) is 0 Å². The van der Waals surface area contributed by atoms with Gasteiger partial charge in [0.05, 0.1) is 0 Å². The summed E-state index contributed by atoms with van der Waals surface area (Å²) in [6, 6.07) is 0. The van der Waals surface area contributed by atoms with E-state index in [0.29, 0.717) is 0 Å². The van der Waals surface area contributed by atoms with Crippen LogP contribution in [-0.2, 0) is 0 Å². The maximum atomic E-state index is 5.65. The van der Waals surface area contributed by atoms with Gasteiger partial charge in [0.15, 0.2) is 0 Å². The molecule has 0 aromatic rings. The molecule has 0 nitrogen and oxygen atoms in total. The molecule has 0 saturated heterocycles. The lowest BCUT2D eigenvalue weighted by Crippen LogP contribution is -1.81. The van der Waals surface area contributed by atoms with Crippen LogP contribution >= 0.6 is 11.6 Å². The fraction of sp³-hybridized carbons (Fsp3) is 0.846. The summed E-state index contributed by atoms with van der Waals surface area (Å²) in [5, 5.41) is 0. The first-order valence-electron chi connectivity index (χ1n) is 6.02. The largest absolute Gasteiger partial charge is 0.126 e. The Morgan fingerprint density at radius 3 is 2.36 bits per heavy atom. The van der Waals surface area contributed by atoms with Crippen LogP contribution in [0.25, 0.3) is 0 Å². The van der Waals surface area contributed by atoms with E-state index < -0.39 is 0 Å². The molecule has 0 heterocycles. The third-order valence-electron chi connectivity index (χ3n) is 2.54. The quantitative estimate of drug-likeness (QED) is 0.278. The number of hydrogen-bond acceptors (Lipinski definition) is 0. The lowest BCUT2D eigenvalue weighted by Gasteiger charge is -1.99. The number of hydrogen-bond donors (Lipinski definition) is 0. The molecule has 84 valence electrons. The Bertz CT molecular complexity index is 138. The summed E-state index contributed by atoms with van der Waals surface area (Å²) < 4.78 is 0. The average molecular weight is 217 g/mol. The summed E-state index contributed by atoms with van der Waals surface area (Å²) in [6.07, 6.45) is 13.0. The van der Waals surface area contributed by atoms with Gasteiger partial charge in [0, 0.05) is 5.88 Å². The van der Waals surface area contributed by atoms with Gasteiger partial charge in [-0.3, -0.25) is 0 Å². The van der Waals surface area contributed by atoms with Crippen molar-refractivity contribution < 1.29 is 0 Å². The maximum absolute atomic E-state index is 5.65. The van der Waals surface area contributed by atoms with Crippen molar-refractivity contribution in [1.82, 2.24) is 0 Å². The first-order chi connectivity index (χ1) is 6.81. The molecule has 0 aliphatic rings. The first-order valence-corrected chi connectivity index (χ1v) is 6.56. The summed E-state index contributed by atoms with van der Waals surface area (Å²) in [5.74, 6) is 0.763. The van der Waals surface area contributed by atoms with Crippen molar-refractivity contribution >= 4 is 11.6 Å². The first kappa shape index (κ1) is 14.0. The highest BCUT2D eigenvalue weighted by Crippen LogP contribution is 2.09. The topological polar surface area (TPSA) is 0 Å².